The second-order valence-corrected chi connectivity index (χ2v) is 9.36. The number of halogens is 1. The highest BCUT2D eigenvalue weighted by Crippen LogP contribution is 2.24. The Hall–Kier alpha value is -2.27. The van der Waals surface area contributed by atoms with Crippen LogP contribution < -0.4 is 5.32 Å². The van der Waals surface area contributed by atoms with E-state index in [1.165, 1.54) is 47.5 Å². The number of nitrogens with zero attached hydrogens (tertiary/aromatic N) is 1. The van der Waals surface area contributed by atoms with Gasteiger partial charge in [-0.3, -0.25) is 9.69 Å². The van der Waals surface area contributed by atoms with Gasteiger partial charge in [0, 0.05) is 34.3 Å². The smallest absolute Gasteiger partial charge is 0.251 e. The van der Waals surface area contributed by atoms with E-state index in [1.807, 2.05) is 54.6 Å². The van der Waals surface area contributed by atoms with Gasteiger partial charge in [-0.15, -0.1) is 11.8 Å². The second-order valence-electron chi connectivity index (χ2n) is 7.87. The Morgan fingerprint density at radius 2 is 1.58 bits per heavy atom. The summed E-state index contributed by atoms with van der Waals surface area (Å²) in [6.45, 7) is 3.86. The first kappa shape index (κ1) is 21.9. The lowest BCUT2D eigenvalue weighted by molar-refractivity contribution is 0.0950. The quantitative estimate of drug-likeness (QED) is 0.417. The third kappa shape index (κ3) is 6.36. The van der Waals surface area contributed by atoms with Crippen LogP contribution in [0, 0.1) is 0 Å². The van der Waals surface area contributed by atoms with Crippen LogP contribution in [0.25, 0.3) is 0 Å². The molecule has 0 spiro atoms. The van der Waals surface area contributed by atoms with E-state index in [1.54, 1.807) is 11.8 Å². The standard InChI is InChI=1S/C26H27ClN2OS/c27-24-11-13-25(14-12-24)31-19-20-7-9-21(10-8-20)26(30)28-17-22-5-1-2-6-23(22)18-29-15-3-4-16-29/h1-2,5-14H,3-4,15-19H2,(H,28,30). The maximum absolute atomic E-state index is 12.7. The van der Waals surface area contributed by atoms with Crippen molar-refractivity contribution in [3.05, 3.63) is 100 Å². The zero-order valence-corrected chi connectivity index (χ0v) is 19.1. The van der Waals surface area contributed by atoms with E-state index in [0.717, 1.165) is 17.3 Å². The van der Waals surface area contributed by atoms with Crippen LogP contribution in [0.3, 0.4) is 0 Å². The fourth-order valence-electron chi connectivity index (χ4n) is 3.79. The van der Waals surface area contributed by atoms with Crippen molar-refractivity contribution in [3.63, 3.8) is 0 Å². The molecule has 1 heterocycles. The number of hydrogen-bond acceptors (Lipinski definition) is 3. The molecule has 0 bridgehead atoms. The SMILES string of the molecule is O=C(NCc1ccccc1CN1CCCC1)c1ccc(CSc2ccc(Cl)cc2)cc1. The van der Waals surface area contributed by atoms with Crippen molar-refractivity contribution in [2.45, 2.75) is 36.6 Å². The van der Waals surface area contributed by atoms with Gasteiger partial charge in [0.15, 0.2) is 0 Å². The lowest BCUT2D eigenvalue weighted by Gasteiger charge is -2.17. The maximum atomic E-state index is 12.7. The minimum Gasteiger partial charge on any atom is -0.348 e. The fourth-order valence-corrected chi connectivity index (χ4v) is 4.77. The Balaban J connectivity index is 1.30. The van der Waals surface area contributed by atoms with Crippen LogP contribution in [-0.4, -0.2) is 23.9 Å². The zero-order valence-electron chi connectivity index (χ0n) is 17.5. The first-order valence-electron chi connectivity index (χ1n) is 10.7. The van der Waals surface area contributed by atoms with Crippen molar-refractivity contribution in [3.8, 4) is 0 Å². The average Bonchev–Trinajstić information content (AvgIpc) is 3.31. The number of thioether (sulfide) groups is 1. The third-order valence-corrected chi connectivity index (χ3v) is 6.92. The highest BCUT2D eigenvalue weighted by Gasteiger charge is 2.14. The van der Waals surface area contributed by atoms with Crippen LogP contribution in [0.15, 0.2) is 77.7 Å². The molecule has 0 unspecified atom stereocenters. The summed E-state index contributed by atoms with van der Waals surface area (Å²) in [6, 6.07) is 24.1. The lowest BCUT2D eigenvalue weighted by atomic mass is 10.1. The largest absolute Gasteiger partial charge is 0.348 e. The van der Waals surface area contributed by atoms with Crippen LogP contribution in [0.2, 0.25) is 5.02 Å². The molecule has 3 aromatic rings. The van der Waals surface area contributed by atoms with E-state index in [9.17, 15) is 4.79 Å². The minimum atomic E-state index is -0.0344. The van der Waals surface area contributed by atoms with Gasteiger partial charge < -0.3 is 5.32 Å². The molecule has 1 N–H and O–H groups in total. The molecule has 3 aromatic carbocycles. The predicted octanol–water partition coefficient (Wildman–Crippen LogP) is 6.16. The summed E-state index contributed by atoms with van der Waals surface area (Å²) >= 11 is 7.69. The molecule has 1 aliphatic heterocycles. The highest BCUT2D eigenvalue weighted by molar-refractivity contribution is 7.98. The molecule has 0 atom stereocenters. The molecule has 1 saturated heterocycles. The van der Waals surface area contributed by atoms with Crippen LogP contribution in [0.1, 0.15) is 39.9 Å². The van der Waals surface area contributed by atoms with E-state index < -0.39 is 0 Å². The van der Waals surface area contributed by atoms with E-state index in [0.29, 0.717) is 12.1 Å². The molecule has 0 radical (unpaired) electrons. The third-order valence-electron chi connectivity index (χ3n) is 5.59. The monoisotopic (exact) mass is 450 g/mol. The summed E-state index contributed by atoms with van der Waals surface area (Å²) in [6.07, 6.45) is 2.57. The van der Waals surface area contributed by atoms with Gasteiger partial charge in [-0.25, -0.2) is 0 Å². The van der Waals surface area contributed by atoms with Crippen molar-refractivity contribution in [1.29, 1.82) is 0 Å². The van der Waals surface area contributed by atoms with Crippen LogP contribution in [0.5, 0.6) is 0 Å². The lowest BCUT2D eigenvalue weighted by Crippen LogP contribution is -2.25. The summed E-state index contributed by atoms with van der Waals surface area (Å²) in [4.78, 5) is 16.3. The Bertz CT molecular complexity index is 999. The van der Waals surface area contributed by atoms with E-state index in [4.69, 9.17) is 11.6 Å². The maximum Gasteiger partial charge on any atom is 0.251 e. The minimum absolute atomic E-state index is 0.0344. The molecule has 31 heavy (non-hydrogen) atoms. The number of hydrogen-bond donors (Lipinski definition) is 1. The highest BCUT2D eigenvalue weighted by atomic mass is 35.5. The molecule has 1 fully saturated rings. The van der Waals surface area contributed by atoms with E-state index >= 15 is 0 Å². The van der Waals surface area contributed by atoms with Crippen molar-refractivity contribution in [1.82, 2.24) is 10.2 Å². The zero-order chi connectivity index (χ0) is 21.5. The van der Waals surface area contributed by atoms with Gasteiger partial charge in [0.05, 0.1) is 0 Å². The number of carbonyl (C=O) groups is 1. The molecular weight excluding hydrogens is 424 g/mol. The summed E-state index contributed by atoms with van der Waals surface area (Å²) < 4.78 is 0. The molecule has 0 saturated carbocycles. The van der Waals surface area contributed by atoms with Gasteiger partial charge in [-0.05, 0) is 79.0 Å². The molecule has 4 rings (SSSR count). The molecule has 160 valence electrons. The number of carbonyl (C=O) groups excluding carboxylic acids is 1. The first-order valence-corrected chi connectivity index (χ1v) is 12.1. The summed E-state index contributed by atoms with van der Waals surface area (Å²) in [5.41, 5.74) is 4.38. The van der Waals surface area contributed by atoms with Gasteiger partial charge in [-0.2, -0.15) is 0 Å². The predicted molar refractivity (Wildman–Crippen MR) is 130 cm³/mol. The van der Waals surface area contributed by atoms with Crippen LogP contribution in [0.4, 0.5) is 0 Å². The van der Waals surface area contributed by atoms with Crippen molar-refractivity contribution in [2.75, 3.05) is 13.1 Å². The first-order chi connectivity index (χ1) is 15.2. The van der Waals surface area contributed by atoms with Crippen LogP contribution in [-0.2, 0) is 18.8 Å². The molecule has 5 heteroatoms. The van der Waals surface area contributed by atoms with Crippen LogP contribution >= 0.6 is 23.4 Å². The molecule has 1 aliphatic rings. The van der Waals surface area contributed by atoms with E-state index in [2.05, 4.69) is 28.4 Å². The van der Waals surface area contributed by atoms with Crippen molar-refractivity contribution < 1.29 is 4.79 Å². The number of amides is 1. The summed E-state index contributed by atoms with van der Waals surface area (Å²) in [5, 5.41) is 3.84. The molecule has 1 amide bonds. The van der Waals surface area contributed by atoms with Gasteiger partial charge >= 0.3 is 0 Å². The number of nitrogens with one attached hydrogen (secondary N) is 1. The molecule has 3 nitrogen and oxygen atoms in total. The second kappa shape index (κ2) is 10.9. The average molecular weight is 451 g/mol. The fraction of sp³-hybridized carbons (Fsp3) is 0.269. The number of rotatable bonds is 8. The molecule has 0 aromatic heterocycles. The molecular formula is C26H27ClN2OS. The normalized spacial score (nSPS) is 14.0. The van der Waals surface area contributed by atoms with Gasteiger partial charge in [0.1, 0.15) is 0 Å². The van der Waals surface area contributed by atoms with Crippen molar-refractivity contribution >= 4 is 29.3 Å². The van der Waals surface area contributed by atoms with Crippen molar-refractivity contribution in [2.24, 2.45) is 0 Å². The topological polar surface area (TPSA) is 32.3 Å². The van der Waals surface area contributed by atoms with Gasteiger partial charge in [-0.1, -0.05) is 48.0 Å². The molecule has 0 aliphatic carbocycles. The van der Waals surface area contributed by atoms with E-state index in [-0.39, 0.29) is 5.91 Å². The Labute approximate surface area is 193 Å². The Morgan fingerprint density at radius 3 is 2.29 bits per heavy atom. The number of likely N-dealkylation sites (tertiary alicyclic amines) is 1. The number of benzene rings is 3. The Morgan fingerprint density at radius 1 is 0.903 bits per heavy atom. The van der Waals surface area contributed by atoms with Gasteiger partial charge in [0.25, 0.3) is 5.91 Å². The van der Waals surface area contributed by atoms with Gasteiger partial charge in [0.2, 0.25) is 0 Å². The summed E-state index contributed by atoms with van der Waals surface area (Å²) in [7, 11) is 0. The summed E-state index contributed by atoms with van der Waals surface area (Å²) in [5.74, 6) is 0.820. The Kier molecular flexibility index (Phi) is 7.68.